The van der Waals surface area contributed by atoms with E-state index in [9.17, 15) is 9.59 Å². The zero-order valence-corrected chi connectivity index (χ0v) is 21.6. The highest BCUT2D eigenvalue weighted by molar-refractivity contribution is 5.94. The molecular weight excluding hydrogens is 448 g/mol. The number of carbonyl (C=O) groups is 2. The van der Waals surface area contributed by atoms with Crippen molar-refractivity contribution >= 4 is 11.9 Å². The van der Waals surface area contributed by atoms with Crippen LogP contribution in [0.2, 0.25) is 0 Å². The lowest BCUT2D eigenvalue weighted by Crippen LogP contribution is -2.18. The van der Waals surface area contributed by atoms with Crippen molar-refractivity contribution in [3.63, 3.8) is 0 Å². The third kappa shape index (κ3) is 5.87. The molecule has 0 saturated heterocycles. The standard InChI is InChI=1S/C32H36O4/c1-4-14-26-21-27(23-15-8-5-9-16-23)28(22(2)3)30(36-32(34)25-19-12-7-13-20-25)29(26)35-31(33)24-17-10-6-11-18-24/h6-7,10-13,17-23H,4-5,8-9,14-16H2,1-3H3. The summed E-state index contributed by atoms with van der Waals surface area (Å²) in [6.45, 7) is 6.34. The molecule has 0 bridgehead atoms. The highest BCUT2D eigenvalue weighted by Crippen LogP contribution is 2.47. The molecule has 0 N–H and O–H groups in total. The number of carbonyl (C=O) groups excluding carboxylic acids is 2. The minimum absolute atomic E-state index is 0.0883. The van der Waals surface area contributed by atoms with Gasteiger partial charge in [-0.25, -0.2) is 9.59 Å². The molecule has 0 radical (unpaired) electrons. The predicted molar refractivity (Wildman–Crippen MR) is 143 cm³/mol. The van der Waals surface area contributed by atoms with Crippen LogP contribution in [0.5, 0.6) is 11.5 Å². The van der Waals surface area contributed by atoms with Gasteiger partial charge in [0.05, 0.1) is 11.1 Å². The summed E-state index contributed by atoms with van der Waals surface area (Å²) in [6, 6.07) is 20.2. The minimum atomic E-state index is -0.454. The maximum Gasteiger partial charge on any atom is 0.343 e. The maximum atomic E-state index is 13.3. The number of hydrogen-bond acceptors (Lipinski definition) is 4. The zero-order valence-electron chi connectivity index (χ0n) is 21.6. The van der Waals surface area contributed by atoms with Crippen LogP contribution in [0, 0.1) is 0 Å². The van der Waals surface area contributed by atoms with Gasteiger partial charge in [0.1, 0.15) is 0 Å². The molecule has 3 aromatic carbocycles. The van der Waals surface area contributed by atoms with Crippen molar-refractivity contribution in [2.75, 3.05) is 0 Å². The molecule has 1 fully saturated rings. The first-order valence-corrected chi connectivity index (χ1v) is 13.2. The number of rotatable bonds is 8. The molecule has 4 rings (SSSR count). The Kier molecular flexibility index (Phi) is 8.58. The average Bonchev–Trinajstić information content (AvgIpc) is 2.91. The highest BCUT2D eigenvalue weighted by atomic mass is 16.6. The molecule has 3 aromatic rings. The van der Waals surface area contributed by atoms with Crippen LogP contribution >= 0.6 is 0 Å². The van der Waals surface area contributed by atoms with Crippen LogP contribution in [0.4, 0.5) is 0 Å². The van der Waals surface area contributed by atoms with Gasteiger partial charge in [-0.05, 0) is 66.5 Å². The molecule has 0 aromatic heterocycles. The van der Waals surface area contributed by atoms with E-state index in [1.807, 2.05) is 36.4 Å². The van der Waals surface area contributed by atoms with Crippen molar-refractivity contribution in [1.82, 2.24) is 0 Å². The first kappa shape index (κ1) is 25.7. The fraction of sp³-hybridized carbons (Fsp3) is 0.375. The van der Waals surface area contributed by atoms with E-state index in [0.29, 0.717) is 28.5 Å². The van der Waals surface area contributed by atoms with E-state index < -0.39 is 11.9 Å². The van der Waals surface area contributed by atoms with Crippen LogP contribution in [0.25, 0.3) is 0 Å². The van der Waals surface area contributed by atoms with Crippen LogP contribution in [-0.4, -0.2) is 11.9 Å². The van der Waals surface area contributed by atoms with Crippen LogP contribution < -0.4 is 9.47 Å². The Morgan fingerprint density at radius 2 is 1.33 bits per heavy atom. The second-order valence-corrected chi connectivity index (χ2v) is 9.95. The number of benzene rings is 3. The van der Waals surface area contributed by atoms with Crippen molar-refractivity contribution in [3.8, 4) is 11.5 Å². The molecule has 1 aliphatic rings. The summed E-state index contributed by atoms with van der Waals surface area (Å²) in [4.78, 5) is 26.5. The highest BCUT2D eigenvalue weighted by Gasteiger charge is 2.30. The Morgan fingerprint density at radius 3 is 1.83 bits per heavy atom. The summed E-state index contributed by atoms with van der Waals surface area (Å²) in [5.74, 6) is 0.376. The molecule has 0 amide bonds. The second kappa shape index (κ2) is 12.0. The van der Waals surface area contributed by atoms with E-state index in [4.69, 9.17) is 9.47 Å². The molecule has 4 nitrogen and oxygen atoms in total. The van der Waals surface area contributed by atoms with Crippen molar-refractivity contribution < 1.29 is 19.1 Å². The lowest BCUT2D eigenvalue weighted by atomic mass is 9.78. The molecular formula is C32H36O4. The molecule has 4 heteroatoms. The topological polar surface area (TPSA) is 52.6 Å². The Morgan fingerprint density at radius 1 is 0.806 bits per heavy atom. The Bertz CT molecular complexity index is 1180. The summed E-state index contributed by atoms with van der Waals surface area (Å²) >= 11 is 0. The lowest BCUT2D eigenvalue weighted by Gasteiger charge is -2.29. The molecule has 188 valence electrons. The normalized spacial score (nSPS) is 14.0. The fourth-order valence-corrected chi connectivity index (χ4v) is 5.20. The first-order chi connectivity index (χ1) is 17.5. The third-order valence-corrected chi connectivity index (χ3v) is 6.93. The monoisotopic (exact) mass is 484 g/mol. The summed E-state index contributed by atoms with van der Waals surface area (Å²) in [5.41, 5.74) is 4.06. The van der Waals surface area contributed by atoms with E-state index in [1.54, 1.807) is 24.3 Å². The number of esters is 2. The van der Waals surface area contributed by atoms with Gasteiger partial charge in [-0.3, -0.25) is 0 Å². The molecule has 0 spiro atoms. The summed E-state index contributed by atoms with van der Waals surface area (Å²) in [7, 11) is 0. The van der Waals surface area contributed by atoms with Crippen molar-refractivity contribution in [2.24, 2.45) is 0 Å². The Balaban J connectivity index is 1.88. The quantitative estimate of drug-likeness (QED) is 0.239. The molecule has 36 heavy (non-hydrogen) atoms. The van der Waals surface area contributed by atoms with Gasteiger partial charge < -0.3 is 9.47 Å². The second-order valence-electron chi connectivity index (χ2n) is 9.95. The molecule has 0 atom stereocenters. The predicted octanol–water partition coefficient (Wildman–Crippen LogP) is 8.25. The van der Waals surface area contributed by atoms with Crippen LogP contribution in [0.1, 0.15) is 109 Å². The number of hydrogen-bond donors (Lipinski definition) is 0. The van der Waals surface area contributed by atoms with Gasteiger partial charge in [0.15, 0.2) is 11.5 Å². The van der Waals surface area contributed by atoms with E-state index in [1.165, 1.54) is 24.8 Å². The van der Waals surface area contributed by atoms with Crippen molar-refractivity contribution in [3.05, 3.63) is 94.5 Å². The van der Waals surface area contributed by atoms with Crippen LogP contribution in [0.15, 0.2) is 66.7 Å². The number of aryl methyl sites for hydroxylation is 1. The smallest absolute Gasteiger partial charge is 0.343 e. The van der Waals surface area contributed by atoms with Crippen LogP contribution in [0.3, 0.4) is 0 Å². The maximum absolute atomic E-state index is 13.3. The lowest BCUT2D eigenvalue weighted by molar-refractivity contribution is 0.0679. The first-order valence-electron chi connectivity index (χ1n) is 13.2. The van der Waals surface area contributed by atoms with Crippen molar-refractivity contribution in [2.45, 2.75) is 77.6 Å². The van der Waals surface area contributed by atoms with Gasteiger partial charge >= 0.3 is 11.9 Å². The fourth-order valence-electron chi connectivity index (χ4n) is 5.20. The van der Waals surface area contributed by atoms with Gasteiger partial charge in [-0.1, -0.05) is 88.9 Å². The molecule has 0 unspecified atom stereocenters. The van der Waals surface area contributed by atoms with E-state index >= 15 is 0 Å². The molecule has 0 aliphatic heterocycles. The van der Waals surface area contributed by atoms with Crippen molar-refractivity contribution in [1.29, 1.82) is 0 Å². The summed E-state index contributed by atoms with van der Waals surface area (Å²) < 4.78 is 12.2. The van der Waals surface area contributed by atoms with E-state index in [-0.39, 0.29) is 5.92 Å². The Labute approximate surface area is 214 Å². The van der Waals surface area contributed by atoms with Gasteiger partial charge in [-0.15, -0.1) is 0 Å². The summed E-state index contributed by atoms with van der Waals surface area (Å²) in [6.07, 6.45) is 7.53. The number of ether oxygens (including phenoxy) is 2. The zero-order chi connectivity index (χ0) is 25.5. The van der Waals surface area contributed by atoms with Gasteiger partial charge in [0, 0.05) is 5.56 Å². The SMILES string of the molecule is CCCc1cc(C2CCCCC2)c(C(C)C)c(OC(=O)c2ccccc2)c1OC(=O)c1ccccc1. The molecule has 1 aliphatic carbocycles. The average molecular weight is 485 g/mol. The Hall–Kier alpha value is -3.40. The minimum Gasteiger partial charge on any atom is -0.419 e. The van der Waals surface area contributed by atoms with Gasteiger partial charge in [0.2, 0.25) is 0 Å². The van der Waals surface area contributed by atoms with Crippen LogP contribution in [-0.2, 0) is 6.42 Å². The molecule has 1 saturated carbocycles. The summed E-state index contributed by atoms with van der Waals surface area (Å²) in [5, 5.41) is 0. The largest absolute Gasteiger partial charge is 0.419 e. The van der Waals surface area contributed by atoms with E-state index in [0.717, 1.165) is 36.8 Å². The third-order valence-electron chi connectivity index (χ3n) is 6.93. The van der Waals surface area contributed by atoms with E-state index in [2.05, 4.69) is 26.8 Å². The molecule has 0 heterocycles. The van der Waals surface area contributed by atoms with Gasteiger partial charge in [-0.2, -0.15) is 0 Å². The van der Waals surface area contributed by atoms with Gasteiger partial charge in [0.25, 0.3) is 0 Å².